The normalized spacial score (nSPS) is 13.6. The third kappa shape index (κ3) is 14.7. The minimum Gasteiger partial charge on any atom is -0.0654 e. The predicted molar refractivity (Wildman–Crippen MR) is 145 cm³/mol. The average molecular weight is 437 g/mol. The lowest BCUT2D eigenvalue weighted by Crippen LogP contribution is -2.32. The summed E-state index contributed by atoms with van der Waals surface area (Å²) in [5.41, 5.74) is 1.12. The van der Waals surface area contributed by atoms with Gasteiger partial charge in [-0.3, -0.25) is 0 Å². The molecule has 0 saturated carbocycles. The van der Waals surface area contributed by atoms with Crippen LogP contribution in [0.3, 0.4) is 0 Å². The molecule has 0 rings (SSSR count). The van der Waals surface area contributed by atoms with E-state index in [1.54, 1.807) is 0 Å². The van der Waals surface area contributed by atoms with Gasteiger partial charge in [-0.25, -0.2) is 0 Å². The molecule has 1 unspecified atom stereocenters. The summed E-state index contributed by atoms with van der Waals surface area (Å²) in [6.45, 7) is 17.0. The second-order valence-electron chi connectivity index (χ2n) is 11.6. The molecule has 1 atom stereocenters. The van der Waals surface area contributed by atoms with Crippen molar-refractivity contribution in [3.05, 3.63) is 0 Å². The van der Waals surface area contributed by atoms with E-state index in [1.165, 1.54) is 135 Å². The minimum atomic E-state index is 0.494. The monoisotopic (exact) mass is 437 g/mol. The van der Waals surface area contributed by atoms with Crippen LogP contribution in [-0.4, -0.2) is 0 Å². The second kappa shape index (κ2) is 19.5. The molecule has 0 aliphatic heterocycles. The zero-order valence-electron chi connectivity index (χ0n) is 23.4. The standard InChI is InChI=1S/C31H64/c1-8-13-16-17-18-19-20-21-24-27-31(25-22-14-9-2,26-23-15-10-3)28-29(11-4)30(6,7)12-5/h29H,8-28H2,1-7H3. The van der Waals surface area contributed by atoms with E-state index in [1.807, 2.05) is 0 Å². The van der Waals surface area contributed by atoms with Crippen molar-refractivity contribution in [1.82, 2.24) is 0 Å². The quantitative estimate of drug-likeness (QED) is 0.140. The molecular formula is C31H64. The molecule has 188 valence electrons. The Hall–Kier alpha value is 0. The van der Waals surface area contributed by atoms with E-state index in [4.69, 9.17) is 0 Å². The Kier molecular flexibility index (Phi) is 19.5. The number of rotatable bonds is 23. The molecular weight excluding hydrogens is 372 g/mol. The van der Waals surface area contributed by atoms with Gasteiger partial charge in [0.15, 0.2) is 0 Å². The first-order valence-corrected chi connectivity index (χ1v) is 14.9. The van der Waals surface area contributed by atoms with Crippen LogP contribution in [0.2, 0.25) is 0 Å². The molecule has 0 nitrogen and oxygen atoms in total. The second-order valence-corrected chi connectivity index (χ2v) is 11.6. The molecule has 0 fully saturated rings. The molecule has 0 amide bonds. The van der Waals surface area contributed by atoms with Crippen LogP contribution in [0.25, 0.3) is 0 Å². The van der Waals surface area contributed by atoms with E-state index in [0.29, 0.717) is 10.8 Å². The maximum Gasteiger partial charge on any atom is -0.0295 e. The highest BCUT2D eigenvalue weighted by Crippen LogP contribution is 2.48. The highest BCUT2D eigenvalue weighted by molar-refractivity contribution is 4.87. The van der Waals surface area contributed by atoms with Gasteiger partial charge in [0, 0.05) is 0 Å². The lowest BCUT2D eigenvalue weighted by atomic mass is 9.62. The fourth-order valence-electron chi connectivity index (χ4n) is 5.78. The van der Waals surface area contributed by atoms with E-state index in [9.17, 15) is 0 Å². The summed E-state index contributed by atoms with van der Waals surface area (Å²) in [6.07, 6.45) is 30.3. The molecule has 0 bridgehead atoms. The van der Waals surface area contributed by atoms with Crippen molar-refractivity contribution < 1.29 is 0 Å². The van der Waals surface area contributed by atoms with Gasteiger partial charge in [0.2, 0.25) is 0 Å². The number of hydrogen-bond donors (Lipinski definition) is 0. The summed E-state index contributed by atoms with van der Waals surface area (Å²) in [7, 11) is 0. The molecule has 0 aliphatic rings. The molecule has 0 aromatic carbocycles. The first-order chi connectivity index (χ1) is 14.9. The summed E-state index contributed by atoms with van der Waals surface area (Å²) in [5, 5.41) is 0. The highest BCUT2D eigenvalue weighted by Gasteiger charge is 2.36. The molecule has 0 heteroatoms. The Morgan fingerprint density at radius 3 is 1.23 bits per heavy atom. The number of unbranched alkanes of at least 4 members (excludes halogenated alkanes) is 12. The van der Waals surface area contributed by atoms with Crippen LogP contribution >= 0.6 is 0 Å². The molecule has 0 aliphatic carbocycles. The third-order valence-electron chi connectivity index (χ3n) is 8.62. The van der Waals surface area contributed by atoms with Crippen LogP contribution in [0.5, 0.6) is 0 Å². The van der Waals surface area contributed by atoms with E-state index in [2.05, 4.69) is 48.5 Å². The van der Waals surface area contributed by atoms with Gasteiger partial charge in [-0.2, -0.15) is 0 Å². The van der Waals surface area contributed by atoms with Crippen LogP contribution in [0.15, 0.2) is 0 Å². The minimum absolute atomic E-state index is 0.494. The lowest BCUT2D eigenvalue weighted by molar-refractivity contribution is 0.0810. The number of hydrogen-bond acceptors (Lipinski definition) is 0. The van der Waals surface area contributed by atoms with Gasteiger partial charge in [0.1, 0.15) is 0 Å². The van der Waals surface area contributed by atoms with Crippen LogP contribution in [0.1, 0.15) is 183 Å². The molecule has 0 spiro atoms. The highest BCUT2D eigenvalue weighted by atomic mass is 14.4. The molecule has 0 saturated heterocycles. The molecule has 0 heterocycles. The van der Waals surface area contributed by atoms with Crippen molar-refractivity contribution in [2.24, 2.45) is 16.7 Å². The Labute approximate surface area is 200 Å². The zero-order valence-corrected chi connectivity index (χ0v) is 23.4. The lowest BCUT2D eigenvalue weighted by Gasteiger charge is -2.43. The predicted octanol–water partition coefficient (Wildman–Crippen LogP) is 11.9. The Balaban J connectivity index is 4.96. The van der Waals surface area contributed by atoms with Gasteiger partial charge >= 0.3 is 0 Å². The molecule has 0 N–H and O–H groups in total. The van der Waals surface area contributed by atoms with Gasteiger partial charge in [-0.15, -0.1) is 0 Å². The maximum absolute atomic E-state index is 2.54. The zero-order chi connectivity index (χ0) is 23.4. The summed E-state index contributed by atoms with van der Waals surface area (Å²) in [5.74, 6) is 0.888. The van der Waals surface area contributed by atoms with Crippen molar-refractivity contribution >= 4 is 0 Å². The molecule has 0 aromatic rings. The summed E-state index contributed by atoms with van der Waals surface area (Å²) < 4.78 is 0. The fourth-order valence-corrected chi connectivity index (χ4v) is 5.78. The maximum atomic E-state index is 2.54. The topological polar surface area (TPSA) is 0 Å². The molecule has 0 aromatic heterocycles. The van der Waals surface area contributed by atoms with Gasteiger partial charge in [0.05, 0.1) is 0 Å². The first-order valence-electron chi connectivity index (χ1n) is 14.9. The van der Waals surface area contributed by atoms with Gasteiger partial charge < -0.3 is 0 Å². The third-order valence-corrected chi connectivity index (χ3v) is 8.62. The SMILES string of the molecule is CCCCCCCCCCCC(CCCCC)(CCCCC)CC(CC)C(C)(C)CC. The van der Waals surface area contributed by atoms with E-state index >= 15 is 0 Å². The van der Waals surface area contributed by atoms with E-state index < -0.39 is 0 Å². The summed E-state index contributed by atoms with van der Waals surface area (Å²) in [6, 6.07) is 0. The van der Waals surface area contributed by atoms with Gasteiger partial charge in [-0.05, 0) is 42.4 Å². The largest absolute Gasteiger partial charge is 0.0654 e. The van der Waals surface area contributed by atoms with Crippen LogP contribution in [-0.2, 0) is 0 Å². The Morgan fingerprint density at radius 1 is 0.484 bits per heavy atom. The van der Waals surface area contributed by atoms with Gasteiger partial charge in [0.25, 0.3) is 0 Å². The average Bonchev–Trinajstić information content (AvgIpc) is 2.76. The Morgan fingerprint density at radius 2 is 0.839 bits per heavy atom. The van der Waals surface area contributed by atoms with Crippen LogP contribution in [0.4, 0.5) is 0 Å². The van der Waals surface area contributed by atoms with E-state index in [-0.39, 0.29) is 0 Å². The van der Waals surface area contributed by atoms with Crippen LogP contribution in [0, 0.1) is 16.7 Å². The molecule has 0 radical (unpaired) electrons. The van der Waals surface area contributed by atoms with Crippen LogP contribution < -0.4 is 0 Å². The first kappa shape index (κ1) is 31.0. The van der Waals surface area contributed by atoms with Crippen molar-refractivity contribution in [3.63, 3.8) is 0 Å². The van der Waals surface area contributed by atoms with Crippen molar-refractivity contribution in [2.75, 3.05) is 0 Å². The fraction of sp³-hybridized carbons (Fsp3) is 1.00. The smallest absolute Gasteiger partial charge is 0.0295 e. The summed E-state index contributed by atoms with van der Waals surface area (Å²) in [4.78, 5) is 0. The Bertz CT molecular complexity index is 356. The summed E-state index contributed by atoms with van der Waals surface area (Å²) >= 11 is 0. The molecule has 31 heavy (non-hydrogen) atoms. The van der Waals surface area contributed by atoms with Crippen molar-refractivity contribution in [1.29, 1.82) is 0 Å². The van der Waals surface area contributed by atoms with Crippen molar-refractivity contribution in [3.8, 4) is 0 Å². The van der Waals surface area contributed by atoms with E-state index in [0.717, 1.165) is 5.92 Å². The van der Waals surface area contributed by atoms with Gasteiger partial charge in [-0.1, -0.05) is 158 Å². The van der Waals surface area contributed by atoms with Crippen molar-refractivity contribution in [2.45, 2.75) is 183 Å².